The first-order valence-corrected chi connectivity index (χ1v) is 8.41. The van der Waals surface area contributed by atoms with Crippen molar-refractivity contribution >= 4 is 12.0 Å². The average molecular weight is 318 g/mol. The molecule has 1 fully saturated rings. The maximum atomic E-state index is 13.1. The second kappa shape index (κ2) is 8.25. The summed E-state index contributed by atoms with van der Waals surface area (Å²) in [5, 5.41) is 3.03. The first kappa shape index (κ1) is 17.7. The topological polar surface area (TPSA) is 32.3 Å². The highest BCUT2D eigenvalue weighted by Gasteiger charge is 2.33. The van der Waals surface area contributed by atoms with Gasteiger partial charge >= 0.3 is 0 Å². The van der Waals surface area contributed by atoms with Gasteiger partial charge in [0.15, 0.2) is 0 Å². The maximum absolute atomic E-state index is 13.1. The predicted molar refractivity (Wildman–Crippen MR) is 92.6 cm³/mol. The van der Waals surface area contributed by atoms with Gasteiger partial charge in [-0.2, -0.15) is 0 Å². The van der Waals surface area contributed by atoms with E-state index in [2.05, 4.69) is 24.3 Å². The van der Waals surface area contributed by atoms with Gasteiger partial charge in [0.05, 0.1) is 0 Å². The van der Waals surface area contributed by atoms with E-state index in [0.717, 1.165) is 12.8 Å². The van der Waals surface area contributed by atoms with Crippen LogP contribution < -0.4 is 5.32 Å². The molecule has 126 valence electrons. The van der Waals surface area contributed by atoms with Gasteiger partial charge in [0.25, 0.3) is 0 Å². The molecule has 0 spiro atoms. The summed E-state index contributed by atoms with van der Waals surface area (Å²) < 4.78 is 13.1. The van der Waals surface area contributed by atoms with Crippen molar-refractivity contribution in [3.05, 3.63) is 41.7 Å². The summed E-state index contributed by atoms with van der Waals surface area (Å²) in [5.74, 6) is -0.419. The van der Waals surface area contributed by atoms with E-state index in [1.165, 1.54) is 43.9 Å². The highest BCUT2D eigenvalue weighted by atomic mass is 19.1. The minimum absolute atomic E-state index is 0.0544. The zero-order chi connectivity index (χ0) is 16.7. The number of carbonyl (C=O) groups is 1. The molecular formula is C19H27FN2O. The van der Waals surface area contributed by atoms with Crippen LogP contribution in [0.25, 0.3) is 6.08 Å². The first-order valence-electron chi connectivity index (χ1n) is 8.41. The molecule has 1 aromatic rings. The van der Waals surface area contributed by atoms with Gasteiger partial charge in [0.2, 0.25) is 5.91 Å². The zero-order valence-electron chi connectivity index (χ0n) is 14.1. The fourth-order valence-corrected chi connectivity index (χ4v) is 3.26. The minimum Gasteiger partial charge on any atom is -0.351 e. The van der Waals surface area contributed by atoms with Crippen LogP contribution in [0.1, 0.15) is 44.1 Å². The molecule has 1 aliphatic rings. The molecule has 0 saturated heterocycles. The van der Waals surface area contributed by atoms with Crippen molar-refractivity contribution in [2.24, 2.45) is 0 Å². The van der Waals surface area contributed by atoms with Crippen molar-refractivity contribution in [3.63, 3.8) is 0 Å². The van der Waals surface area contributed by atoms with E-state index >= 15 is 0 Å². The maximum Gasteiger partial charge on any atom is 0.244 e. The molecule has 1 aromatic carbocycles. The van der Waals surface area contributed by atoms with Crippen molar-refractivity contribution < 1.29 is 9.18 Å². The van der Waals surface area contributed by atoms with E-state index in [9.17, 15) is 9.18 Å². The van der Waals surface area contributed by atoms with Crippen LogP contribution in [0.5, 0.6) is 0 Å². The molecule has 4 heteroatoms. The number of amides is 1. The number of carbonyl (C=O) groups excluding carboxylic acids is 1. The Morgan fingerprint density at radius 2 is 1.96 bits per heavy atom. The van der Waals surface area contributed by atoms with Crippen LogP contribution in [0.15, 0.2) is 30.3 Å². The highest BCUT2D eigenvalue weighted by molar-refractivity contribution is 5.91. The summed E-state index contributed by atoms with van der Waals surface area (Å²) in [6, 6.07) is 6.22. The number of nitrogens with one attached hydrogen (secondary N) is 1. The Morgan fingerprint density at radius 3 is 2.57 bits per heavy atom. The number of hydrogen-bond donors (Lipinski definition) is 1. The molecule has 0 heterocycles. The number of hydrogen-bond acceptors (Lipinski definition) is 2. The van der Waals surface area contributed by atoms with Crippen LogP contribution in [0.4, 0.5) is 4.39 Å². The minimum atomic E-state index is -0.294. The van der Waals surface area contributed by atoms with Gasteiger partial charge in [-0.25, -0.2) is 4.39 Å². The molecule has 0 bridgehead atoms. The number of halogens is 1. The molecule has 2 rings (SSSR count). The molecule has 1 saturated carbocycles. The summed E-state index contributed by atoms with van der Waals surface area (Å²) >= 11 is 0. The quantitative estimate of drug-likeness (QED) is 0.664. The van der Waals surface area contributed by atoms with E-state index in [-0.39, 0.29) is 17.3 Å². The molecule has 0 aliphatic heterocycles. The second-order valence-corrected chi connectivity index (χ2v) is 6.64. The molecule has 0 atom stereocenters. The van der Waals surface area contributed by atoms with Crippen LogP contribution >= 0.6 is 0 Å². The van der Waals surface area contributed by atoms with Crippen molar-refractivity contribution in [1.82, 2.24) is 10.2 Å². The van der Waals surface area contributed by atoms with Gasteiger partial charge in [-0.05, 0) is 50.7 Å². The third-order valence-corrected chi connectivity index (χ3v) is 4.85. The van der Waals surface area contributed by atoms with Gasteiger partial charge < -0.3 is 10.2 Å². The van der Waals surface area contributed by atoms with Crippen molar-refractivity contribution in [2.75, 3.05) is 20.6 Å². The predicted octanol–water partition coefficient (Wildman–Crippen LogP) is 3.61. The summed E-state index contributed by atoms with van der Waals surface area (Å²) in [5.41, 5.74) is 0.746. The Labute approximate surface area is 138 Å². The molecule has 3 nitrogen and oxygen atoms in total. The number of nitrogens with zero attached hydrogens (tertiary/aromatic N) is 1. The normalized spacial score (nSPS) is 18.1. The van der Waals surface area contributed by atoms with Gasteiger partial charge in [-0.1, -0.05) is 37.8 Å². The third kappa shape index (κ3) is 5.17. The lowest BCUT2D eigenvalue weighted by Crippen LogP contribution is -2.52. The summed E-state index contributed by atoms with van der Waals surface area (Å²) in [4.78, 5) is 14.3. The lowest BCUT2D eigenvalue weighted by molar-refractivity contribution is -0.117. The SMILES string of the molecule is CN(C)C1(CNC(=O)/C=C/c2cccc(F)c2)CCCCCC1. The largest absolute Gasteiger partial charge is 0.351 e. The summed E-state index contributed by atoms with van der Waals surface area (Å²) in [6.07, 6.45) is 10.4. The van der Waals surface area contributed by atoms with Gasteiger partial charge in [0.1, 0.15) is 5.82 Å². The van der Waals surface area contributed by atoms with Gasteiger partial charge in [-0.15, -0.1) is 0 Å². The third-order valence-electron chi connectivity index (χ3n) is 4.85. The van der Waals surface area contributed by atoms with Crippen LogP contribution in [0, 0.1) is 5.82 Å². The Kier molecular flexibility index (Phi) is 6.34. The molecule has 1 amide bonds. The average Bonchev–Trinajstić information content (AvgIpc) is 2.77. The van der Waals surface area contributed by atoms with Crippen molar-refractivity contribution in [3.8, 4) is 0 Å². The number of likely N-dealkylation sites (N-methyl/N-ethyl adjacent to an activating group) is 1. The van der Waals surface area contributed by atoms with Gasteiger partial charge in [0, 0.05) is 18.2 Å². The molecule has 0 aromatic heterocycles. The number of benzene rings is 1. The first-order chi connectivity index (χ1) is 11.0. The van der Waals surface area contributed by atoms with E-state index in [0.29, 0.717) is 12.1 Å². The van der Waals surface area contributed by atoms with E-state index in [4.69, 9.17) is 0 Å². The standard InChI is InChI=1S/C19H27FN2O/c1-22(2)19(12-5-3-4-6-13-19)15-21-18(23)11-10-16-8-7-9-17(20)14-16/h7-11,14H,3-6,12-13,15H2,1-2H3,(H,21,23)/b11-10+. The van der Waals surface area contributed by atoms with Crippen LogP contribution in [0.3, 0.4) is 0 Å². The Hall–Kier alpha value is -1.68. The molecule has 0 radical (unpaired) electrons. The fraction of sp³-hybridized carbons (Fsp3) is 0.526. The lowest BCUT2D eigenvalue weighted by atomic mass is 9.88. The monoisotopic (exact) mass is 318 g/mol. The molecule has 0 unspecified atom stereocenters. The van der Waals surface area contributed by atoms with Crippen LogP contribution in [0.2, 0.25) is 0 Å². The fourth-order valence-electron chi connectivity index (χ4n) is 3.26. The molecule has 1 aliphatic carbocycles. The molecule has 23 heavy (non-hydrogen) atoms. The Bertz CT molecular complexity index is 546. The summed E-state index contributed by atoms with van der Waals surface area (Å²) in [7, 11) is 4.19. The molecule has 1 N–H and O–H groups in total. The van der Waals surface area contributed by atoms with E-state index in [1.54, 1.807) is 18.2 Å². The Balaban J connectivity index is 1.93. The lowest BCUT2D eigenvalue weighted by Gasteiger charge is -2.39. The van der Waals surface area contributed by atoms with E-state index < -0.39 is 0 Å². The van der Waals surface area contributed by atoms with Crippen LogP contribution in [-0.2, 0) is 4.79 Å². The van der Waals surface area contributed by atoms with Crippen molar-refractivity contribution in [1.29, 1.82) is 0 Å². The molecular weight excluding hydrogens is 291 g/mol. The van der Waals surface area contributed by atoms with E-state index in [1.807, 2.05) is 0 Å². The second-order valence-electron chi connectivity index (χ2n) is 6.64. The van der Waals surface area contributed by atoms with Gasteiger partial charge in [-0.3, -0.25) is 4.79 Å². The Morgan fingerprint density at radius 1 is 1.26 bits per heavy atom. The van der Waals surface area contributed by atoms with Crippen LogP contribution in [-0.4, -0.2) is 37.0 Å². The number of rotatable bonds is 5. The summed E-state index contributed by atoms with van der Waals surface area (Å²) in [6.45, 7) is 0.659. The zero-order valence-corrected chi connectivity index (χ0v) is 14.1. The smallest absolute Gasteiger partial charge is 0.244 e. The highest BCUT2D eigenvalue weighted by Crippen LogP contribution is 2.30. The van der Waals surface area contributed by atoms with Crippen molar-refractivity contribution in [2.45, 2.75) is 44.1 Å².